The molecule has 0 bridgehead atoms. The third-order valence-electron chi connectivity index (χ3n) is 3.49. The van der Waals surface area contributed by atoms with Crippen LogP contribution in [0.2, 0.25) is 0 Å². The number of hydrogen-bond donors (Lipinski definition) is 1. The van der Waals surface area contributed by atoms with Gasteiger partial charge < -0.3 is 5.32 Å². The summed E-state index contributed by atoms with van der Waals surface area (Å²) >= 11 is 5.47. The van der Waals surface area contributed by atoms with Crippen molar-refractivity contribution < 1.29 is 0 Å². The molecule has 1 aromatic heterocycles. The summed E-state index contributed by atoms with van der Waals surface area (Å²) in [6.07, 6.45) is 1.13. The highest BCUT2D eigenvalue weighted by molar-refractivity contribution is 9.10. The zero-order chi connectivity index (χ0) is 11.7. The average Bonchev–Trinajstić information content (AvgIpc) is 2.77. The van der Waals surface area contributed by atoms with Crippen LogP contribution in [-0.4, -0.2) is 13.1 Å². The predicted molar refractivity (Wildman–Crippen MR) is 76.7 cm³/mol. The first-order valence-corrected chi connectivity index (χ1v) is 7.51. The molecule has 88 valence electrons. The minimum Gasteiger partial charge on any atom is -0.315 e. The number of rotatable bonds is 3. The van der Waals surface area contributed by atoms with Gasteiger partial charge in [0.15, 0.2) is 0 Å². The van der Waals surface area contributed by atoms with E-state index in [9.17, 15) is 0 Å². The van der Waals surface area contributed by atoms with Crippen LogP contribution in [0.15, 0.2) is 45.6 Å². The molecule has 1 N–H and O–H groups in total. The maximum atomic E-state index is 3.69. The highest BCUT2D eigenvalue weighted by atomic mass is 79.9. The maximum Gasteiger partial charge on any atom is 0.0254 e. The van der Waals surface area contributed by atoms with E-state index in [1.165, 1.54) is 15.6 Å². The standard InChI is InChI=1S/C14H14BrNS/c15-13-4-2-1-3-12(13)14(9-16-10-14)7-11-5-6-17-8-11/h1-6,8,16H,7,9-10H2. The predicted octanol–water partition coefficient (Wildman–Crippen LogP) is 3.59. The van der Waals surface area contributed by atoms with E-state index in [4.69, 9.17) is 0 Å². The van der Waals surface area contributed by atoms with Gasteiger partial charge in [0.1, 0.15) is 0 Å². The van der Waals surface area contributed by atoms with Crippen molar-refractivity contribution in [2.75, 3.05) is 13.1 Å². The number of hydrogen-bond acceptors (Lipinski definition) is 2. The minimum absolute atomic E-state index is 0.279. The normalized spacial score (nSPS) is 17.7. The molecule has 1 aliphatic heterocycles. The van der Waals surface area contributed by atoms with Gasteiger partial charge in [-0.3, -0.25) is 0 Å². The third kappa shape index (κ3) is 2.07. The van der Waals surface area contributed by atoms with Gasteiger partial charge in [-0.15, -0.1) is 0 Å². The van der Waals surface area contributed by atoms with E-state index in [1.54, 1.807) is 11.3 Å². The van der Waals surface area contributed by atoms with Gasteiger partial charge in [-0.05, 0) is 40.4 Å². The lowest BCUT2D eigenvalue weighted by Gasteiger charge is -2.44. The number of thiophene rings is 1. The van der Waals surface area contributed by atoms with E-state index in [0.29, 0.717) is 0 Å². The van der Waals surface area contributed by atoms with Crippen molar-refractivity contribution in [1.82, 2.24) is 5.32 Å². The zero-order valence-electron chi connectivity index (χ0n) is 9.45. The van der Waals surface area contributed by atoms with Crippen molar-refractivity contribution in [3.05, 3.63) is 56.7 Å². The second kappa shape index (κ2) is 4.56. The number of benzene rings is 1. The van der Waals surface area contributed by atoms with Gasteiger partial charge in [0.05, 0.1) is 0 Å². The summed E-state index contributed by atoms with van der Waals surface area (Å²) in [5, 5.41) is 7.85. The summed E-state index contributed by atoms with van der Waals surface area (Å²) in [4.78, 5) is 0. The fraction of sp³-hybridized carbons (Fsp3) is 0.286. The van der Waals surface area contributed by atoms with E-state index < -0.39 is 0 Å². The monoisotopic (exact) mass is 307 g/mol. The first-order valence-electron chi connectivity index (χ1n) is 5.77. The van der Waals surface area contributed by atoms with Crippen molar-refractivity contribution in [2.45, 2.75) is 11.8 Å². The molecule has 1 saturated heterocycles. The topological polar surface area (TPSA) is 12.0 Å². The molecule has 2 aromatic rings. The van der Waals surface area contributed by atoms with Gasteiger partial charge in [-0.1, -0.05) is 34.1 Å². The Hall–Kier alpha value is -0.640. The van der Waals surface area contributed by atoms with Gasteiger partial charge in [0.25, 0.3) is 0 Å². The van der Waals surface area contributed by atoms with E-state index in [1.807, 2.05) is 0 Å². The largest absolute Gasteiger partial charge is 0.315 e. The maximum absolute atomic E-state index is 3.69. The zero-order valence-corrected chi connectivity index (χ0v) is 11.9. The molecule has 17 heavy (non-hydrogen) atoms. The van der Waals surface area contributed by atoms with Gasteiger partial charge in [0, 0.05) is 23.0 Å². The molecular formula is C14H14BrNS. The highest BCUT2D eigenvalue weighted by Crippen LogP contribution is 2.37. The quantitative estimate of drug-likeness (QED) is 0.913. The summed E-state index contributed by atoms with van der Waals surface area (Å²) in [5.41, 5.74) is 3.17. The van der Waals surface area contributed by atoms with Crippen LogP contribution in [0.25, 0.3) is 0 Å². The van der Waals surface area contributed by atoms with Crippen LogP contribution in [0.5, 0.6) is 0 Å². The molecule has 3 heteroatoms. The Morgan fingerprint density at radius 3 is 2.65 bits per heavy atom. The molecule has 3 rings (SSSR count). The Labute approximate surface area is 114 Å². The lowest BCUT2D eigenvalue weighted by Crippen LogP contribution is -2.58. The van der Waals surface area contributed by atoms with Crippen LogP contribution in [0.1, 0.15) is 11.1 Å². The van der Waals surface area contributed by atoms with Gasteiger partial charge in [-0.25, -0.2) is 0 Å². The molecule has 1 aliphatic rings. The summed E-state index contributed by atoms with van der Waals surface area (Å²) in [7, 11) is 0. The molecule has 0 unspecified atom stereocenters. The van der Waals surface area contributed by atoms with Crippen molar-refractivity contribution >= 4 is 27.3 Å². The molecule has 2 heterocycles. The summed E-state index contributed by atoms with van der Waals surface area (Å²) in [6, 6.07) is 10.8. The van der Waals surface area contributed by atoms with E-state index >= 15 is 0 Å². The minimum atomic E-state index is 0.279. The molecule has 0 amide bonds. The van der Waals surface area contributed by atoms with Crippen LogP contribution in [0.4, 0.5) is 0 Å². The highest BCUT2D eigenvalue weighted by Gasteiger charge is 2.39. The molecule has 0 atom stereocenters. The van der Waals surface area contributed by atoms with E-state index in [-0.39, 0.29) is 5.41 Å². The molecule has 1 nitrogen and oxygen atoms in total. The van der Waals surface area contributed by atoms with E-state index in [0.717, 1.165) is 19.5 Å². The first-order chi connectivity index (χ1) is 8.30. The Kier molecular flexibility index (Phi) is 3.07. The van der Waals surface area contributed by atoms with Gasteiger partial charge in [-0.2, -0.15) is 11.3 Å². The van der Waals surface area contributed by atoms with E-state index in [2.05, 4.69) is 62.3 Å². The lowest BCUT2D eigenvalue weighted by molar-refractivity contribution is 0.274. The smallest absolute Gasteiger partial charge is 0.0254 e. The fourth-order valence-corrected chi connectivity index (χ4v) is 3.89. The fourth-order valence-electron chi connectivity index (χ4n) is 2.51. The van der Waals surface area contributed by atoms with Gasteiger partial charge >= 0.3 is 0 Å². The van der Waals surface area contributed by atoms with Crippen molar-refractivity contribution in [2.24, 2.45) is 0 Å². The van der Waals surface area contributed by atoms with Crippen molar-refractivity contribution in [3.63, 3.8) is 0 Å². The average molecular weight is 308 g/mol. The van der Waals surface area contributed by atoms with Crippen LogP contribution < -0.4 is 5.32 Å². The molecule has 0 saturated carbocycles. The number of nitrogens with one attached hydrogen (secondary N) is 1. The summed E-state index contributed by atoms with van der Waals surface area (Å²) in [5.74, 6) is 0. The third-order valence-corrected chi connectivity index (χ3v) is 4.92. The van der Waals surface area contributed by atoms with Crippen LogP contribution >= 0.6 is 27.3 Å². The molecule has 0 spiro atoms. The SMILES string of the molecule is Brc1ccccc1C1(Cc2ccsc2)CNC1. The molecule has 0 radical (unpaired) electrons. The second-order valence-corrected chi connectivity index (χ2v) is 6.31. The van der Waals surface area contributed by atoms with Crippen LogP contribution in [0, 0.1) is 0 Å². The van der Waals surface area contributed by atoms with Crippen molar-refractivity contribution in [3.8, 4) is 0 Å². The van der Waals surface area contributed by atoms with Crippen LogP contribution in [0.3, 0.4) is 0 Å². The Balaban J connectivity index is 1.95. The Morgan fingerprint density at radius 1 is 1.24 bits per heavy atom. The molecule has 0 aliphatic carbocycles. The molecule has 1 fully saturated rings. The molecular weight excluding hydrogens is 294 g/mol. The Bertz CT molecular complexity index is 503. The van der Waals surface area contributed by atoms with Gasteiger partial charge in [0.2, 0.25) is 0 Å². The summed E-state index contributed by atoms with van der Waals surface area (Å²) in [6.45, 7) is 2.15. The Morgan fingerprint density at radius 2 is 2.06 bits per heavy atom. The van der Waals surface area contributed by atoms with Crippen LogP contribution in [-0.2, 0) is 11.8 Å². The van der Waals surface area contributed by atoms with Crippen molar-refractivity contribution in [1.29, 1.82) is 0 Å². The summed E-state index contributed by atoms with van der Waals surface area (Å²) < 4.78 is 1.23. The number of halogens is 1. The first kappa shape index (κ1) is 11.5. The lowest BCUT2D eigenvalue weighted by atomic mass is 9.71. The molecule has 1 aromatic carbocycles. The second-order valence-electron chi connectivity index (χ2n) is 4.67.